The largest absolute Gasteiger partial charge is 0.488 e. The lowest BCUT2D eigenvalue weighted by molar-refractivity contribution is -0.384. The van der Waals surface area contributed by atoms with Gasteiger partial charge in [-0.3, -0.25) is 24.6 Å². The lowest BCUT2D eigenvalue weighted by Crippen LogP contribution is -2.22. The topological polar surface area (TPSA) is 89.8 Å². The van der Waals surface area contributed by atoms with Crippen molar-refractivity contribution in [2.75, 3.05) is 7.05 Å². The number of likely N-dealkylation sites (N-methyl/N-ethyl adjacent to an activating group) is 1. The SMILES string of the molecule is CN1C(=O)S/C(=C\c2ccc(OCc3ccc([N+](=O)[O-])cc3)c(Br)c2)C1=O. The van der Waals surface area contributed by atoms with Gasteiger partial charge in [-0.05, 0) is 69.2 Å². The molecule has 2 aromatic carbocycles. The Hall–Kier alpha value is -2.65. The van der Waals surface area contributed by atoms with Crippen LogP contribution in [0.4, 0.5) is 10.5 Å². The second-order valence-electron chi connectivity index (χ2n) is 5.64. The van der Waals surface area contributed by atoms with Crippen molar-refractivity contribution in [2.45, 2.75) is 6.61 Å². The van der Waals surface area contributed by atoms with Gasteiger partial charge in [0.05, 0.1) is 14.3 Å². The molecular formula is C18H13BrN2O5S. The number of hydrogen-bond donors (Lipinski definition) is 0. The second kappa shape index (κ2) is 7.93. The molecule has 7 nitrogen and oxygen atoms in total. The Balaban J connectivity index is 1.69. The lowest BCUT2D eigenvalue weighted by atomic mass is 10.2. The average Bonchev–Trinajstić information content (AvgIpc) is 2.88. The van der Waals surface area contributed by atoms with Crippen molar-refractivity contribution in [1.82, 2.24) is 4.90 Å². The van der Waals surface area contributed by atoms with Crippen LogP contribution in [0.25, 0.3) is 6.08 Å². The van der Waals surface area contributed by atoms with Crippen molar-refractivity contribution in [3.63, 3.8) is 0 Å². The summed E-state index contributed by atoms with van der Waals surface area (Å²) in [6.45, 7) is 0.255. The fourth-order valence-corrected chi connectivity index (χ4v) is 3.63. The van der Waals surface area contributed by atoms with E-state index in [0.717, 1.165) is 27.8 Å². The van der Waals surface area contributed by atoms with Crippen LogP contribution >= 0.6 is 27.7 Å². The van der Waals surface area contributed by atoms with Crippen molar-refractivity contribution < 1.29 is 19.2 Å². The number of amides is 2. The number of nitro benzene ring substituents is 1. The molecule has 3 rings (SSSR count). The van der Waals surface area contributed by atoms with Crippen LogP contribution in [0.1, 0.15) is 11.1 Å². The Labute approximate surface area is 167 Å². The van der Waals surface area contributed by atoms with Crippen molar-refractivity contribution >= 4 is 50.6 Å². The zero-order chi connectivity index (χ0) is 19.6. The number of imide groups is 1. The lowest BCUT2D eigenvalue weighted by Gasteiger charge is -2.09. The van der Waals surface area contributed by atoms with Crippen LogP contribution in [0, 0.1) is 10.1 Å². The van der Waals surface area contributed by atoms with Crippen LogP contribution < -0.4 is 4.74 Å². The van der Waals surface area contributed by atoms with Gasteiger partial charge in [-0.25, -0.2) is 0 Å². The van der Waals surface area contributed by atoms with E-state index in [4.69, 9.17) is 4.74 Å². The molecule has 9 heteroatoms. The maximum atomic E-state index is 11.9. The van der Waals surface area contributed by atoms with Gasteiger partial charge in [0, 0.05) is 19.2 Å². The molecule has 0 bridgehead atoms. The first-order valence-corrected chi connectivity index (χ1v) is 9.33. The number of thioether (sulfide) groups is 1. The predicted octanol–water partition coefficient (Wildman–Crippen LogP) is 4.60. The van der Waals surface area contributed by atoms with Gasteiger partial charge in [-0.15, -0.1) is 0 Å². The number of carbonyl (C=O) groups excluding carboxylic acids is 2. The Morgan fingerprint density at radius 1 is 1.22 bits per heavy atom. The zero-order valence-electron chi connectivity index (χ0n) is 14.0. The van der Waals surface area contributed by atoms with E-state index in [1.165, 1.54) is 19.2 Å². The molecule has 1 aliphatic heterocycles. The minimum atomic E-state index is -0.451. The molecule has 0 radical (unpaired) electrons. The van der Waals surface area contributed by atoms with Gasteiger partial charge in [0.15, 0.2) is 0 Å². The number of halogens is 1. The maximum absolute atomic E-state index is 11.9. The molecule has 0 saturated carbocycles. The molecule has 0 unspecified atom stereocenters. The number of ether oxygens (including phenoxy) is 1. The molecule has 0 N–H and O–H groups in total. The molecule has 2 amide bonds. The summed E-state index contributed by atoms with van der Waals surface area (Å²) in [4.78, 5) is 35.1. The van der Waals surface area contributed by atoms with Gasteiger partial charge in [0.1, 0.15) is 12.4 Å². The van der Waals surface area contributed by atoms with Crippen molar-refractivity contribution in [3.05, 3.63) is 73.1 Å². The van der Waals surface area contributed by atoms with E-state index in [1.54, 1.807) is 36.4 Å². The summed E-state index contributed by atoms with van der Waals surface area (Å²) in [5.41, 5.74) is 1.58. The minimum Gasteiger partial charge on any atom is -0.488 e. The summed E-state index contributed by atoms with van der Waals surface area (Å²) in [5, 5.41) is 10.4. The third kappa shape index (κ3) is 4.37. The number of hydrogen-bond acceptors (Lipinski definition) is 6. The molecular weight excluding hydrogens is 436 g/mol. The number of benzene rings is 2. The Kier molecular flexibility index (Phi) is 5.62. The normalized spacial score (nSPS) is 15.5. The second-order valence-corrected chi connectivity index (χ2v) is 7.49. The third-order valence-electron chi connectivity index (χ3n) is 3.78. The first-order chi connectivity index (χ1) is 12.8. The van der Waals surface area contributed by atoms with Crippen LogP contribution in [-0.2, 0) is 11.4 Å². The van der Waals surface area contributed by atoms with Crippen LogP contribution in [-0.4, -0.2) is 28.0 Å². The van der Waals surface area contributed by atoms with E-state index in [1.807, 2.05) is 0 Å². The highest BCUT2D eigenvalue weighted by Gasteiger charge is 2.31. The van der Waals surface area contributed by atoms with Crippen LogP contribution in [0.2, 0.25) is 0 Å². The fourth-order valence-electron chi connectivity index (χ4n) is 2.30. The summed E-state index contributed by atoms with van der Waals surface area (Å²) < 4.78 is 6.42. The van der Waals surface area contributed by atoms with E-state index >= 15 is 0 Å². The number of nitrogens with zero attached hydrogens (tertiary/aromatic N) is 2. The van der Waals surface area contributed by atoms with Gasteiger partial charge >= 0.3 is 0 Å². The number of non-ortho nitro benzene ring substituents is 1. The molecule has 27 heavy (non-hydrogen) atoms. The molecule has 138 valence electrons. The van der Waals surface area contributed by atoms with Crippen LogP contribution in [0.15, 0.2) is 51.8 Å². The van der Waals surface area contributed by atoms with E-state index in [-0.39, 0.29) is 23.4 Å². The Bertz CT molecular complexity index is 959. The van der Waals surface area contributed by atoms with E-state index in [9.17, 15) is 19.7 Å². The number of rotatable bonds is 5. The first-order valence-electron chi connectivity index (χ1n) is 7.72. The van der Waals surface area contributed by atoms with Gasteiger partial charge in [-0.1, -0.05) is 6.07 Å². The average molecular weight is 449 g/mol. The molecule has 1 saturated heterocycles. The zero-order valence-corrected chi connectivity index (χ0v) is 16.5. The Morgan fingerprint density at radius 3 is 2.48 bits per heavy atom. The van der Waals surface area contributed by atoms with E-state index < -0.39 is 4.92 Å². The maximum Gasteiger partial charge on any atom is 0.293 e. The summed E-state index contributed by atoms with van der Waals surface area (Å²) in [7, 11) is 1.45. The monoisotopic (exact) mass is 448 g/mol. The fraction of sp³-hybridized carbons (Fsp3) is 0.111. The van der Waals surface area contributed by atoms with Gasteiger partial charge < -0.3 is 4.74 Å². The van der Waals surface area contributed by atoms with Crippen LogP contribution in [0.5, 0.6) is 5.75 Å². The molecule has 1 aliphatic rings. The Morgan fingerprint density at radius 2 is 1.93 bits per heavy atom. The molecule has 0 spiro atoms. The highest BCUT2D eigenvalue weighted by molar-refractivity contribution is 9.10. The van der Waals surface area contributed by atoms with Gasteiger partial charge in [-0.2, -0.15) is 0 Å². The molecule has 0 aliphatic carbocycles. The molecule has 2 aromatic rings. The summed E-state index contributed by atoms with van der Waals surface area (Å²) >= 11 is 4.33. The highest BCUT2D eigenvalue weighted by atomic mass is 79.9. The summed E-state index contributed by atoms with van der Waals surface area (Å²) in [5.74, 6) is 0.272. The molecule has 0 aromatic heterocycles. The molecule has 0 atom stereocenters. The van der Waals surface area contributed by atoms with Crippen molar-refractivity contribution in [1.29, 1.82) is 0 Å². The van der Waals surface area contributed by atoms with Crippen molar-refractivity contribution in [3.8, 4) is 5.75 Å². The summed E-state index contributed by atoms with van der Waals surface area (Å²) in [6.07, 6.45) is 1.65. The molecule has 1 heterocycles. The predicted molar refractivity (Wildman–Crippen MR) is 105 cm³/mol. The number of nitro groups is 1. The quantitative estimate of drug-likeness (QED) is 0.377. The highest BCUT2D eigenvalue weighted by Crippen LogP contribution is 2.33. The summed E-state index contributed by atoms with van der Waals surface area (Å²) in [6, 6.07) is 11.4. The first kappa shape index (κ1) is 19.1. The smallest absolute Gasteiger partial charge is 0.293 e. The van der Waals surface area contributed by atoms with Crippen LogP contribution in [0.3, 0.4) is 0 Å². The van der Waals surface area contributed by atoms with E-state index in [0.29, 0.717) is 15.1 Å². The van der Waals surface area contributed by atoms with Gasteiger partial charge in [0.25, 0.3) is 16.8 Å². The van der Waals surface area contributed by atoms with E-state index in [2.05, 4.69) is 15.9 Å². The number of carbonyl (C=O) groups is 2. The standard InChI is InChI=1S/C18H13BrN2O5S/c1-20-17(22)16(27-18(20)23)9-12-4-7-15(14(19)8-12)26-10-11-2-5-13(6-3-11)21(24)25/h2-9H,10H2,1H3/b16-9-. The van der Waals surface area contributed by atoms with Gasteiger partial charge in [0.2, 0.25) is 0 Å². The third-order valence-corrected chi connectivity index (χ3v) is 5.36. The van der Waals surface area contributed by atoms with Crippen molar-refractivity contribution in [2.24, 2.45) is 0 Å². The molecule has 1 fully saturated rings. The minimum absolute atomic E-state index is 0.0285.